The molecule has 1 aliphatic heterocycles. The van der Waals surface area contributed by atoms with Crippen molar-refractivity contribution in [3.8, 4) is 0 Å². The van der Waals surface area contributed by atoms with Crippen LogP contribution in [-0.2, 0) is 14.3 Å². The van der Waals surface area contributed by atoms with Crippen molar-refractivity contribution in [2.75, 3.05) is 31.2 Å². The van der Waals surface area contributed by atoms with Gasteiger partial charge in [-0.15, -0.1) is 0 Å². The fourth-order valence-electron chi connectivity index (χ4n) is 2.75. The summed E-state index contributed by atoms with van der Waals surface area (Å²) in [4.78, 5) is 42.5. The third kappa shape index (κ3) is 5.66. The van der Waals surface area contributed by atoms with Gasteiger partial charge in [0.15, 0.2) is 0 Å². The Morgan fingerprint density at radius 3 is 2.32 bits per heavy atom. The van der Waals surface area contributed by atoms with E-state index in [9.17, 15) is 14.4 Å². The number of carboxylic acids is 1. The molecule has 1 aliphatic rings. The second kappa shape index (κ2) is 9.01. The summed E-state index contributed by atoms with van der Waals surface area (Å²) in [5, 5.41) is 14.1. The largest absolute Gasteiger partial charge is 0.480 e. The number of carboxylic acid groups (broad SMARTS) is 1. The van der Waals surface area contributed by atoms with Crippen LogP contribution >= 0.6 is 0 Å². The number of ether oxygens (including phenoxy) is 1. The van der Waals surface area contributed by atoms with E-state index in [-0.39, 0.29) is 0 Å². The molecule has 2 amide bonds. The van der Waals surface area contributed by atoms with Crippen molar-refractivity contribution in [3.63, 3.8) is 0 Å². The van der Waals surface area contributed by atoms with Gasteiger partial charge in [-0.2, -0.15) is 0 Å². The summed E-state index contributed by atoms with van der Waals surface area (Å²) in [6, 6.07) is 1.47. The van der Waals surface area contributed by atoms with Gasteiger partial charge in [0, 0.05) is 19.3 Å². The van der Waals surface area contributed by atoms with Crippen LogP contribution in [0.5, 0.6) is 0 Å². The lowest BCUT2D eigenvalue weighted by molar-refractivity contribution is -0.142. The molecule has 1 aromatic rings. The Labute approximate surface area is 164 Å². The van der Waals surface area contributed by atoms with Gasteiger partial charge in [0.25, 0.3) is 5.91 Å². The normalized spacial score (nSPS) is 16.8. The summed E-state index contributed by atoms with van der Waals surface area (Å²) in [7, 11) is 0. The summed E-state index contributed by atoms with van der Waals surface area (Å²) in [6.07, 6.45) is 1.47. The van der Waals surface area contributed by atoms with E-state index in [0.717, 1.165) is 18.9 Å². The first-order chi connectivity index (χ1) is 13.1. The maximum atomic E-state index is 12.6. The van der Waals surface area contributed by atoms with Crippen LogP contribution in [0.1, 0.15) is 38.1 Å². The maximum absolute atomic E-state index is 12.6. The highest BCUT2D eigenvalue weighted by Crippen LogP contribution is 2.20. The lowest BCUT2D eigenvalue weighted by Gasteiger charge is -2.31. The van der Waals surface area contributed by atoms with Crippen LogP contribution in [0.4, 0.5) is 5.82 Å². The van der Waals surface area contributed by atoms with E-state index < -0.39 is 35.3 Å². The number of hydrogen-bond donors (Lipinski definition) is 3. The first-order valence-corrected chi connectivity index (χ1v) is 9.22. The van der Waals surface area contributed by atoms with Crippen LogP contribution in [-0.4, -0.2) is 66.3 Å². The number of carbonyl (C=O) groups is 3. The lowest BCUT2D eigenvalue weighted by atomic mass is 9.85. The molecule has 0 bridgehead atoms. The molecule has 154 valence electrons. The van der Waals surface area contributed by atoms with Crippen molar-refractivity contribution in [2.24, 2.45) is 5.41 Å². The number of amides is 2. The minimum absolute atomic E-state index is 0.324. The predicted octanol–water partition coefficient (Wildman–Crippen LogP) is 0.652. The van der Waals surface area contributed by atoms with Crippen LogP contribution in [0.25, 0.3) is 0 Å². The van der Waals surface area contributed by atoms with Gasteiger partial charge in [-0.3, -0.25) is 14.4 Å². The molecule has 1 fully saturated rings. The number of nitrogens with one attached hydrogen (secondary N) is 2. The molecule has 0 saturated carbocycles. The molecule has 2 atom stereocenters. The van der Waals surface area contributed by atoms with Crippen LogP contribution in [0.15, 0.2) is 18.3 Å². The Bertz CT molecular complexity index is 708. The van der Waals surface area contributed by atoms with Crippen LogP contribution in [0.2, 0.25) is 0 Å². The Balaban J connectivity index is 2.08. The number of rotatable bonds is 6. The standard InChI is InChI=1S/C19H28N4O5/c1-12(18(26)27)21-17(25)15(19(2,3)4)22-16(24)13-5-6-14(20-11-13)23-7-9-28-10-8-23/h5-6,11-12,15H,7-10H2,1-4H3,(H,21,25)(H,22,24)(H,26,27)/t12-,15+/m0/s1. The van der Waals surface area contributed by atoms with E-state index in [2.05, 4.69) is 20.5 Å². The predicted molar refractivity (Wildman–Crippen MR) is 103 cm³/mol. The van der Waals surface area contributed by atoms with Crippen LogP contribution in [0, 0.1) is 5.41 Å². The smallest absolute Gasteiger partial charge is 0.325 e. The maximum Gasteiger partial charge on any atom is 0.325 e. The first-order valence-electron chi connectivity index (χ1n) is 9.22. The first kappa shape index (κ1) is 21.6. The van der Waals surface area contributed by atoms with Gasteiger partial charge < -0.3 is 25.4 Å². The number of pyridine rings is 1. The Morgan fingerprint density at radius 1 is 1.18 bits per heavy atom. The molecule has 0 aromatic carbocycles. The molecule has 3 N–H and O–H groups in total. The van der Waals surface area contributed by atoms with E-state index in [1.807, 2.05) is 0 Å². The molecule has 9 heteroatoms. The van der Waals surface area contributed by atoms with Crippen molar-refractivity contribution >= 4 is 23.6 Å². The molecule has 2 rings (SSSR count). The quantitative estimate of drug-likeness (QED) is 0.650. The van der Waals surface area contributed by atoms with Crippen molar-refractivity contribution in [3.05, 3.63) is 23.9 Å². The zero-order chi connectivity index (χ0) is 20.9. The third-order valence-corrected chi connectivity index (χ3v) is 4.48. The number of aromatic nitrogens is 1. The van der Waals surface area contributed by atoms with Gasteiger partial charge >= 0.3 is 5.97 Å². The number of nitrogens with zero attached hydrogens (tertiary/aromatic N) is 2. The molecule has 0 unspecified atom stereocenters. The van der Waals surface area contributed by atoms with E-state index in [0.29, 0.717) is 18.8 Å². The van der Waals surface area contributed by atoms with Crippen molar-refractivity contribution in [1.29, 1.82) is 0 Å². The number of morpholine rings is 1. The van der Waals surface area contributed by atoms with Crippen LogP contribution < -0.4 is 15.5 Å². The molecular weight excluding hydrogens is 364 g/mol. The number of aliphatic carboxylic acids is 1. The molecule has 0 spiro atoms. The van der Waals surface area contributed by atoms with Crippen molar-refractivity contribution in [2.45, 2.75) is 39.8 Å². The van der Waals surface area contributed by atoms with E-state index in [4.69, 9.17) is 9.84 Å². The average Bonchev–Trinajstić information content (AvgIpc) is 2.65. The van der Waals surface area contributed by atoms with E-state index in [1.54, 1.807) is 32.9 Å². The Kier molecular flexibility index (Phi) is 6.95. The van der Waals surface area contributed by atoms with E-state index in [1.165, 1.54) is 13.1 Å². The van der Waals surface area contributed by atoms with Gasteiger partial charge in [-0.25, -0.2) is 4.98 Å². The zero-order valence-electron chi connectivity index (χ0n) is 16.7. The average molecular weight is 392 g/mol. The molecule has 0 aliphatic carbocycles. The molecular formula is C19H28N4O5. The fraction of sp³-hybridized carbons (Fsp3) is 0.579. The Hall–Kier alpha value is -2.68. The molecule has 1 saturated heterocycles. The van der Waals surface area contributed by atoms with Gasteiger partial charge in [-0.1, -0.05) is 20.8 Å². The second-order valence-corrected chi connectivity index (χ2v) is 7.85. The van der Waals surface area contributed by atoms with Gasteiger partial charge in [0.1, 0.15) is 17.9 Å². The highest BCUT2D eigenvalue weighted by molar-refractivity contribution is 5.98. The monoisotopic (exact) mass is 392 g/mol. The van der Waals surface area contributed by atoms with Crippen LogP contribution in [0.3, 0.4) is 0 Å². The number of hydrogen-bond acceptors (Lipinski definition) is 6. The minimum atomic E-state index is -1.14. The zero-order valence-corrected chi connectivity index (χ0v) is 16.7. The summed E-state index contributed by atoms with van der Waals surface area (Å²) in [5.74, 6) is -1.37. The Morgan fingerprint density at radius 2 is 1.82 bits per heavy atom. The second-order valence-electron chi connectivity index (χ2n) is 7.85. The minimum Gasteiger partial charge on any atom is -0.480 e. The highest BCUT2D eigenvalue weighted by Gasteiger charge is 2.34. The van der Waals surface area contributed by atoms with Gasteiger partial charge in [0.05, 0.1) is 18.8 Å². The number of carbonyl (C=O) groups excluding carboxylic acids is 2. The lowest BCUT2D eigenvalue weighted by Crippen LogP contribution is -2.56. The molecule has 28 heavy (non-hydrogen) atoms. The summed E-state index contributed by atoms with van der Waals surface area (Å²) in [6.45, 7) is 9.52. The van der Waals surface area contributed by atoms with E-state index >= 15 is 0 Å². The topological polar surface area (TPSA) is 121 Å². The van der Waals surface area contributed by atoms with Gasteiger partial charge in [0.2, 0.25) is 5.91 Å². The molecule has 9 nitrogen and oxygen atoms in total. The third-order valence-electron chi connectivity index (χ3n) is 4.48. The molecule has 2 heterocycles. The summed E-state index contributed by atoms with van der Waals surface area (Å²) >= 11 is 0. The van der Waals surface area contributed by atoms with Crippen molar-refractivity contribution < 1.29 is 24.2 Å². The van der Waals surface area contributed by atoms with Crippen molar-refractivity contribution in [1.82, 2.24) is 15.6 Å². The number of anilines is 1. The summed E-state index contributed by atoms with van der Waals surface area (Å²) < 4.78 is 5.32. The SMILES string of the molecule is C[C@H](NC(=O)[C@@H](NC(=O)c1ccc(N2CCOCC2)nc1)C(C)(C)C)C(=O)O. The highest BCUT2D eigenvalue weighted by atomic mass is 16.5. The fourth-order valence-corrected chi connectivity index (χ4v) is 2.75. The molecule has 0 radical (unpaired) electrons. The molecule has 1 aromatic heterocycles. The summed E-state index contributed by atoms with van der Waals surface area (Å²) in [5.41, 5.74) is -0.288. The van der Waals surface area contributed by atoms with Gasteiger partial charge in [-0.05, 0) is 24.5 Å².